The Labute approximate surface area is 154 Å². The maximum absolute atomic E-state index is 12.9. The number of carboxylic acid groups (broad SMARTS) is 1. The van der Waals surface area contributed by atoms with E-state index in [1.54, 1.807) is 18.2 Å². The van der Waals surface area contributed by atoms with E-state index < -0.39 is 41.4 Å². The topological polar surface area (TPSA) is 128 Å². The van der Waals surface area contributed by atoms with Crippen LogP contribution in [0.4, 0.5) is 0 Å². The van der Waals surface area contributed by atoms with E-state index in [4.69, 9.17) is 5.11 Å². The van der Waals surface area contributed by atoms with Crippen LogP contribution in [0.1, 0.15) is 16.4 Å². The summed E-state index contributed by atoms with van der Waals surface area (Å²) in [5, 5.41) is 18.9. The molecule has 2 aromatic rings. The molecule has 0 bridgehead atoms. The summed E-state index contributed by atoms with van der Waals surface area (Å²) in [5.74, 6) is -4.10. The van der Waals surface area contributed by atoms with Gasteiger partial charge in [-0.25, -0.2) is 0 Å². The summed E-state index contributed by atoms with van der Waals surface area (Å²) in [7, 11) is 0. The quantitative estimate of drug-likeness (QED) is 0.660. The van der Waals surface area contributed by atoms with Crippen molar-refractivity contribution in [3.63, 3.8) is 0 Å². The maximum Gasteiger partial charge on any atom is 0.323 e. The largest absolute Gasteiger partial charge is 0.508 e. The van der Waals surface area contributed by atoms with Gasteiger partial charge in [-0.15, -0.1) is 0 Å². The van der Waals surface area contributed by atoms with Crippen molar-refractivity contribution in [2.45, 2.75) is 16.2 Å². The van der Waals surface area contributed by atoms with Crippen molar-refractivity contribution in [3.05, 3.63) is 44.4 Å². The number of fused-ring (bicyclic) bond motifs is 2. The third-order valence-corrected chi connectivity index (χ3v) is 6.88. The number of thioether (sulfide) groups is 1. The van der Waals surface area contributed by atoms with Gasteiger partial charge in [-0.05, 0) is 6.07 Å². The number of aromatic amines is 1. The molecule has 2 unspecified atom stereocenters. The van der Waals surface area contributed by atoms with E-state index in [0.29, 0.717) is 15.5 Å². The van der Waals surface area contributed by atoms with Crippen LogP contribution in [0.25, 0.3) is 0 Å². The van der Waals surface area contributed by atoms with E-state index in [9.17, 15) is 24.3 Å². The Kier molecular flexibility index (Phi) is 3.88. The number of likely N-dealkylation sites (tertiary alicyclic amines) is 1. The van der Waals surface area contributed by atoms with Crippen LogP contribution in [0.5, 0.6) is 5.75 Å². The SMILES string of the molecule is O=C(O)CN1C(=O)C2Sc3[nH]c(=O)sc3[C@@H](c3ccccc3O)C2C1=O. The van der Waals surface area contributed by atoms with Gasteiger partial charge in [-0.1, -0.05) is 41.3 Å². The average molecular weight is 392 g/mol. The van der Waals surface area contributed by atoms with Crippen LogP contribution in [0.3, 0.4) is 0 Å². The fraction of sp³-hybridized carbons (Fsp3) is 0.250. The molecule has 10 heteroatoms. The molecule has 2 aliphatic heterocycles. The van der Waals surface area contributed by atoms with Crippen LogP contribution in [0, 0.1) is 5.92 Å². The number of imide groups is 1. The number of phenolic OH excluding ortho intramolecular Hbond substituents is 1. The predicted octanol–water partition coefficient (Wildman–Crippen LogP) is 0.818. The molecule has 0 aliphatic carbocycles. The fourth-order valence-corrected chi connectivity index (χ4v) is 5.98. The van der Waals surface area contributed by atoms with E-state index in [0.717, 1.165) is 28.0 Å². The van der Waals surface area contributed by atoms with Gasteiger partial charge in [-0.3, -0.25) is 24.1 Å². The number of para-hydroxylation sites is 1. The number of nitrogens with zero attached hydrogens (tertiary/aromatic N) is 1. The molecule has 3 N–H and O–H groups in total. The Morgan fingerprint density at radius 3 is 2.62 bits per heavy atom. The Morgan fingerprint density at radius 2 is 1.92 bits per heavy atom. The molecular formula is C16H12N2O6S2. The number of hydrogen-bond acceptors (Lipinski definition) is 7. The number of rotatable bonds is 3. The fourth-order valence-electron chi connectivity index (χ4n) is 3.45. The molecule has 2 aliphatic rings. The molecule has 134 valence electrons. The highest BCUT2D eigenvalue weighted by Gasteiger charge is 2.56. The third kappa shape index (κ3) is 2.44. The summed E-state index contributed by atoms with van der Waals surface area (Å²) in [5.41, 5.74) is 0.428. The molecule has 3 heterocycles. The summed E-state index contributed by atoms with van der Waals surface area (Å²) in [4.78, 5) is 52.0. The zero-order valence-corrected chi connectivity index (χ0v) is 14.7. The number of nitrogens with one attached hydrogen (secondary N) is 1. The smallest absolute Gasteiger partial charge is 0.323 e. The second kappa shape index (κ2) is 5.99. The van der Waals surface area contributed by atoms with Crippen LogP contribution in [0.2, 0.25) is 0 Å². The van der Waals surface area contributed by atoms with Gasteiger partial charge >= 0.3 is 10.8 Å². The van der Waals surface area contributed by atoms with E-state index >= 15 is 0 Å². The zero-order chi connectivity index (χ0) is 18.6. The average Bonchev–Trinajstić information content (AvgIpc) is 3.06. The van der Waals surface area contributed by atoms with Crippen LogP contribution >= 0.6 is 23.1 Å². The molecule has 1 aromatic carbocycles. The van der Waals surface area contributed by atoms with Crippen molar-refractivity contribution in [2.24, 2.45) is 5.92 Å². The Morgan fingerprint density at radius 1 is 1.19 bits per heavy atom. The lowest BCUT2D eigenvalue weighted by Crippen LogP contribution is -2.36. The first-order valence-electron chi connectivity index (χ1n) is 7.63. The van der Waals surface area contributed by atoms with Crippen LogP contribution in [0.15, 0.2) is 34.1 Å². The minimum atomic E-state index is -1.28. The minimum Gasteiger partial charge on any atom is -0.508 e. The molecule has 3 atom stereocenters. The second-order valence-electron chi connectivity index (χ2n) is 5.96. The van der Waals surface area contributed by atoms with Crippen LogP contribution in [-0.4, -0.2) is 49.7 Å². The number of amides is 2. The number of aromatic hydroxyl groups is 1. The zero-order valence-electron chi connectivity index (χ0n) is 13.0. The lowest BCUT2D eigenvalue weighted by Gasteiger charge is -2.30. The van der Waals surface area contributed by atoms with Gasteiger partial charge in [0.25, 0.3) is 0 Å². The number of carbonyl (C=O) groups is 3. The van der Waals surface area contributed by atoms with Gasteiger partial charge in [0.2, 0.25) is 11.8 Å². The lowest BCUT2D eigenvalue weighted by molar-refractivity contribution is -0.149. The third-order valence-electron chi connectivity index (χ3n) is 4.48. The minimum absolute atomic E-state index is 0.0492. The van der Waals surface area contributed by atoms with Gasteiger partial charge in [0.1, 0.15) is 17.5 Å². The van der Waals surface area contributed by atoms with Gasteiger partial charge in [0.05, 0.1) is 10.9 Å². The molecule has 26 heavy (non-hydrogen) atoms. The van der Waals surface area contributed by atoms with Gasteiger partial charge in [0.15, 0.2) is 0 Å². The first-order chi connectivity index (χ1) is 12.4. The monoisotopic (exact) mass is 392 g/mol. The molecule has 8 nitrogen and oxygen atoms in total. The molecule has 0 radical (unpaired) electrons. The van der Waals surface area contributed by atoms with E-state index in [-0.39, 0.29) is 10.6 Å². The number of thiazole rings is 1. The van der Waals surface area contributed by atoms with Crippen molar-refractivity contribution in [1.82, 2.24) is 9.88 Å². The van der Waals surface area contributed by atoms with E-state index in [1.807, 2.05) is 0 Å². The molecule has 1 aromatic heterocycles. The standard InChI is InChI=1S/C16H12N2O6S2/c19-7-4-2-1-3-6(7)9-10-12(25-13-11(9)26-16(24)17-13)15(23)18(14(10)22)5-8(20)21/h1-4,9-10,12,19H,5H2,(H,17,24)(H,20,21)/t9-,10?,12?/m0/s1. The normalized spacial score (nSPS) is 24.5. The Balaban J connectivity index is 1.88. The van der Waals surface area contributed by atoms with E-state index in [1.165, 1.54) is 6.07 Å². The summed E-state index contributed by atoms with van der Waals surface area (Å²) in [6, 6.07) is 6.43. The number of aromatic nitrogens is 1. The van der Waals surface area contributed by atoms with Crippen molar-refractivity contribution in [1.29, 1.82) is 0 Å². The molecule has 1 saturated heterocycles. The molecular weight excluding hydrogens is 380 g/mol. The second-order valence-corrected chi connectivity index (χ2v) is 8.13. The number of phenols is 1. The first kappa shape index (κ1) is 16.9. The van der Waals surface area contributed by atoms with Gasteiger partial charge in [-0.2, -0.15) is 0 Å². The van der Waals surface area contributed by atoms with Gasteiger partial charge < -0.3 is 15.2 Å². The van der Waals surface area contributed by atoms with Gasteiger partial charge in [0, 0.05) is 16.4 Å². The predicted molar refractivity (Wildman–Crippen MR) is 92.4 cm³/mol. The summed E-state index contributed by atoms with van der Waals surface area (Å²) in [6.07, 6.45) is 0. The molecule has 0 saturated carbocycles. The summed E-state index contributed by atoms with van der Waals surface area (Å²) < 4.78 is 0. The molecule has 4 rings (SSSR count). The van der Waals surface area contributed by atoms with E-state index in [2.05, 4.69) is 4.98 Å². The summed E-state index contributed by atoms with van der Waals surface area (Å²) in [6.45, 7) is -0.705. The van der Waals surface area contributed by atoms with Crippen molar-refractivity contribution in [2.75, 3.05) is 6.54 Å². The highest BCUT2D eigenvalue weighted by atomic mass is 32.2. The number of aliphatic carboxylic acids is 1. The highest BCUT2D eigenvalue weighted by molar-refractivity contribution is 8.00. The number of carbonyl (C=O) groups excluding carboxylic acids is 2. The number of H-pyrrole nitrogens is 1. The van der Waals surface area contributed by atoms with Crippen LogP contribution in [-0.2, 0) is 14.4 Å². The van der Waals surface area contributed by atoms with Crippen molar-refractivity contribution >= 4 is 40.9 Å². The maximum atomic E-state index is 12.9. The Bertz CT molecular complexity index is 997. The van der Waals surface area contributed by atoms with Crippen molar-refractivity contribution in [3.8, 4) is 5.75 Å². The number of benzene rings is 1. The number of carboxylic acids is 1. The van der Waals surface area contributed by atoms with Crippen molar-refractivity contribution < 1.29 is 24.6 Å². The Hall–Kier alpha value is -2.59. The molecule has 2 amide bonds. The highest BCUT2D eigenvalue weighted by Crippen LogP contribution is 2.53. The lowest BCUT2D eigenvalue weighted by atomic mass is 9.82. The molecule has 0 spiro atoms. The first-order valence-corrected chi connectivity index (χ1v) is 9.32. The van der Waals surface area contributed by atoms with Crippen LogP contribution < -0.4 is 4.87 Å². The number of hydrogen-bond donors (Lipinski definition) is 3. The molecule has 1 fully saturated rings. The summed E-state index contributed by atoms with van der Waals surface area (Å²) >= 11 is 1.99.